The van der Waals surface area contributed by atoms with E-state index < -0.39 is 0 Å². The van der Waals surface area contributed by atoms with E-state index in [1.54, 1.807) is 0 Å². The molecule has 0 heterocycles. The molecule has 2 atom stereocenters. The van der Waals surface area contributed by atoms with Gasteiger partial charge in [0.15, 0.2) is 5.11 Å². The number of para-hydroxylation sites is 1. The minimum Gasteiger partial charge on any atom is -0.369 e. The number of thiocarbonyl (C=S) groups is 1. The Balaban J connectivity index is 1.94. The van der Waals surface area contributed by atoms with E-state index in [1.165, 1.54) is 37.4 Å². The van der Waals surface area contributed by atoms with Crippen molar-refractivity contribution in [3.8, 4) is 0 Å². The van der Waals surface area contributed by atoms with Crippen molar-refractivity contribution in [2.45, 2.75) is 43.5 Å². The third-order valence-corrected chi connectivity index (χ3v) is 5.25. The number of hydrogen-bond donors (Lipinski definition) is 3. The number of carbonyl (C=O) groups is 1. The highest BCUT2D eigenvalue weighted by molar-refractivity contribution is 8.00. The average Bonchev–Trinajstić information content (AvgIpc) is 2.48. The molecule has 1 aromatic carbocycles. The Morgan fingerprint density at radius 2 is 2.09 bits per heavy atom. The number of anilines is 1. The Morgan fingerprint density at radius 1 is 1.36 bits per heavy atom. The molecular weight excluding hydrogens is 314 g/mol. The molecule has 0 bridgehead atoms. The van der Waals surface area contributed by atoms with Gasteiger partial charge in [0, 0.05) is 10.9 Å². The lowest BCUT2D eigenvalue weighted by Crippen LogP contribution is -2.43. The van der Waals surface area contributed by atoms with Gasteiger partial charge < -0.3 is 16.4 Å². The summed E-state index contributed by atoms with van der Waals surface area (Å²) >= 11 is 6.86. The van der Waals surface area contributed by atoms with Gasteiger partial charge in [-0.1, -0.05) is 31.9 Å². The maximum absolute atomic E-state index is 10.9. The van der Waals surface area contributed by atoms with Gasteiger partial charge in [-0.15, -0.1) is 11.8 Å². The highest BCUT2D eigenvalue weighted by Gasteiger charge is 2.21. The first kappa shape index (κ1) is 17.1. The van der Waals surface area contributed by atoms with Gasteiger partial charge in [0.05, 0.1) is 11.4 Å². The predicted molar refractivity (Wildman–Crippen MR) is 97.1 cm³/mol. The highest BCUT2D eigenvalue weighted by atomic mass is 32.2. The van der Waals surface area contributed by atoms with Crippen LogP contribution in [0.3, 0.4) is 0 Å². The molecule has 1 fully saturated rings. The van der Waals surface area contributed by atoms with E-state index in [0.29, 0.717) is 17.1 Å². The molecule has 0 spiro atoms. The number of benzene rings is 1. The SMILES string of the molecule is C[C@@H]1CCCC[C@@H]1NC(=S)Nc1ccccc1SCC(N)=O. The van der Waals surface area contributed by atoms with Gasteiger partial charge in [-0.2, -0.15) is 0 Å². The summed E-state index contributed by atoms with van der Waals surface area (Å²) in [4.78, 5) is 11.9. The monoisotopic (exact) mass is 337 g/mol. The molecule has 6 heteroatoms. The lowest BCUT2D eigenvalue weighted by atomic mass is 9.86. The Hall–Kier alpha value is -1.27. The standard InChI is InChI=1S/C16H23N3OS2/c1-11-6-2-3-7-12(11)18-16(21)19-13-8-4-5-9-14(13)22-10-15(17)20/h4-5,8-9,11-12H,2-3,6-7,10H2,1H3,(H2,17,20)(H2,18,19,21)/t11-,12+/m1/s1. The quantitative estimate of drug-likeness (QED) is 0.569. The van der Waals surface area contributed by atoms with E-state index in [9.17, 15) is 4.79 Å². The van der Waals surface area contributed by atoms with Gasteiger partial charge in [0.1, 0.15) is 0 Å². The van der Waals surface area contributed by atoms with E-state index >= 15 is 0 Å². The van der Waals surface area contributed by atoms with Crippen molar-refractivity contribution >= 4 is 40.7 Å². The van der Waals surface area contributed by atoms with Crippen LogP contribution in [-0.2, 0) is 4.79 Å². The second-order valence-corrected chi connectivity index (χ2v) is 7.14. The molecule has 4 N–H and O–H groups in total. The number of amides is 1. The fourth-order valence-electron chi connectivity index (χ4n) is 2.70. The molecular formula is C16H23N3OS2. The summed E-state index contributed by atoms with van der Waals surface area (Å²) in [5.41, 5.74) is 6.12. The third-order valence-electron chi connectivity index (χ3n) is 3.93. The molecule has 0 radical (unpaired) electrons. The van der Waals surface area contributed by atoms with Crippen LogP contribution < -0.4 is 16.4 Å². The molecule has 0 aliphatic heterocycles. The van der Waals surface area contributed by atoms with E-state index in [1.807, 2.05) is 24.3 Å². The summed E-state index contributed by atoms with van der Waals surface area (Å²) in [6.45, 7) is 2.27. The van der Waals surface area contributed by atoms with Crippen molar-refractivity contribution in [2.75, 3.05) is 11.1 Å². The highest BCUT2D eigenvalue weighted by Crippen LogP contribution is 2.27. The normalized spacial score (nSPS) is 21.1. The minimum absolute atomic E-state index is 0.262. The first-order chi connectivity index (χ1) is 10.6. The fourth-order valence-corrected chi connectivity index (χ4v) is 3.71. The Kier molecular flexibility index (Phi) is 6.51. The molecule has 22 heavy (non-hydrogen) atoms. The Bertz CT molecular complexity index is 536. The molecule has 1 aromatic rings. The lowest BCUT2D eigenvalue weighted by Gasteiger charge is -2.30. The van der Waals surface area contributed by atoms with E-state index in [-0.39, 0.29) is 11.7 Å². The van der Waals surface area contributed by atoms with E-state index in [2.05, 4.69) is 17.6 Å². The second-order valence-electron chi connectivity index (χ2n) is 5.72. The molecule has 4 nitrogen and oxygen atoms in total. The van der Waals surface area contributed by atoms with Gasteiger partial charge in [0.2, 0.25) is 5.91 Å². The number of rotatable bonds is 5. The molecule has 0 aromatic heterocycles. The van der Waals surface area contributed by atoms with E-state index in [0.717, 1.165) is 10.6 Å². The summed E-state index contributed by atoms with van der Waals surface area (Å²) in [6.07, 6.45) is 4.99. The van der Waals surface area contributed by atoms with Gasteiger partial charge >= 0.3 is 0 Å². The maximum atomic E-state index is 10.9. The Labute approximate surface area is 141 Å². The van der Waals surface area contributed by atoms with Crippen LogP contribution >= 0.6 is 24.0 Å². The molecule has 1 aliphatic carbocycles. The van der Waals surface area contributed by atoms with Crippen molar-refractivity contribution in [1.82, 2.24) is 5.32 Å². The fraction of sp³-hybridized carbons (Fsp3) is 0.500. The zero-order valence-electron chi connectivity index (χ0n) is 12.8. The summed E-state index contributed by atoms with van der Waals surface area (Å²) < 4.78 is 0. The van der Waals surface area contributed by atoms with Crippen molar-refractivity contribution in [3.05, 3.63) is 24.3 Å². The number of nitrogens with two attached hydrogens (primary N) is 1. The molecule has 120 valence electrons. The smallest absolute Gasteiger partial charge is 0.227 e. The Morgan fingerprint density at radius 3 is 2.82 bits per heavy atom. The third kappa shape index (κ3) is 5.18. The van der Waals surface area contributed by atoms with E-state index in [4.69, 9.17) is 18.0 Å². The lowest BCUT2D eigenvalue weighted by molar-refractivity contribution is -0.115. The van der Waals surface area contributed by atoms with Gasteiger partial charge in [-0.05, 0) is 43.1 Å². The summed E-state index contributed by atoms with van der Waals surface area (Å²) in [7, 11) is 0. The first-order valence-electron chi connectivity index (χ1n) is 7.64. The number of primary amides is 1. The van der Waals surface area contributed by atoms with Gasteiger partial charge in [-0.3, -0.25) is 4.79 Å². The van der Waals surface area contributed by atoms with Crippen LogP contribution in [0.1, 0.15) is 32.6 Å². The summed E-state index contributed by atoms with van der Waals surface area (Å²) in [5.74, 6) is 0.586. The van der Waals surface area contributed by atoms with Crippen molar-refractivity contribution in [1.29, 1.82) is 0 Å². The van der Waals surface area contributed by atoms with Gasteiger partial charge in [0.25, 0.3) is 0 Å². The minimum atomic E-state index is -0.323. The van der Waals surface area contributed by atoms with Crippen LogP contribution in [0, 0.1) is 5.92 Å². The van der Waals surface area contributed by atoms with Gasteiger partial charge in [-0.25, -0.2) is 0 Å². The van der Waals surface area contributed by atoms with Crippen LogP contribution in [0.5, 0.6) is 0 Å². The molecule has 1 amide bonds. The van der Waals surface area contributed by atoms with Crippen LogP contribution in [-0.4, -0.2) is 22.8 Å². The van der Waals surface area contributed by atoms with Crippen molar-refractivity contribution < 1.29 is 4.79 Å². The van der Waals surface area contributed by atoms with Crippen molar-refractivity contribution in [2.24, 2.45) is 11.7 Å². The zero-order chi connectivity index (χ0) is 15.9. The number of thioether (sulfide) groups is 1. The van der Waals surface area contributed by atoms with Crippen LogP contribution in [0.2, 0.25) is 0 Å². The van der Waals surface area contributed by atoms with Crippen molar-refractivity contribution in [3.63, 3.8) is 0 Å². The number of carbonyl (C=O) groups excluding carboxylic acids is 1. The largest absolute Gasteiger partial charge is 0.369 e. The van der Waals surface area contributed by atoms with Crippen LogP contribution in [0.15, 0.2) is 29.2 Å². The molecule has 1 aliphatic rings. The van der Waals surface area contributed by atoms with Crippen LogP contribution in [0.4, 0.5) is 5.69 Å². The number of hydrogen-bond acceptors (Lipinski definition) is 3. The average molecular weight is 338 g/mol. The zero-order valence-corrected chi connectivity index (χ0v) is 14.4. The summed E-state index contributed by atoms with van der Waals surface area (Å²) in [6, 6.07) is 8.25. The number of nitrogens with one attached hydrogen (secondary N) is 2. The topological polar surface area (TPSA) is 67.2 Å². The second kappa shape index (κ2) is 8.39. The first-order valence-corrected chi connectivity index (χ1v) is 9.03. The van der Waals surface area contributed by atoms with Crippen LogP contribution in [0.25, 0.3) is 0 Å². The predicted octanol–water partition coefficient (Wildman–Crippen LogP) is 3.13. The summed E-state index contributed by atoms with van der Waals surface area (Å²) in [5, 5.41) is 7.32. The molecule has 0 unspecified atom stereocenters. The molecule has 1 saturated carbocycles. The molecule has 2 rings (SSSR count). The molecule has 0 saturated heterocycles. The maximum Gasteiger partial charge on any atom is 0.227 e.